The molecule has 2 heterocycles. The van der Waals surface area contributed by atoms with E-state index in [1.54, 1.807) is 13.8 Å². The Kier molecular flexibility index (Phi) is 4.09. The standard InChI is InChI=1S/C15H17N3O4/c1-8(2)15(3)14(21)17-12(18-15)11-10(13(19)20)5-9(6-16-11)7-22-4/h5-6H,1,7H2,2-4H3,(H,19,20)(H,17,18,21). The van der Waals surface area contributed by atoms with Gasteiger partial charge in [0.1, 0.15) is 5.69 Å². The van der Waals surface area contributed by atoms with Gasteiger partial charge in [0.2, 0.25) is 0 Å². The van der Waals surface area contributed by atoms with Crippen molar-refractivity contribution in [2.45, 2.75) is 26.0 Å². The van der Waals surface area contributed by atoms with Crippen LogP contribution in [0, 0.1) is 0 Å². The van der Waals surface area contributed by atoms with Crippen LogP contribution >= 0.6 is 0 Å². The molecule has 1 aromatic heterocycles. The molecular formula is C15H17N3O4. The number of pyridine rings is 1. The number of carbonyl (C=O) groups is 2. The second-order valence-corrected chi connectivity index (χ2v) is 5.24. The van der Waals surface area contributed by atoms with Gasteiger partial charge in [-0.2, -0.15) is 0 Å². The van der Waals surface area contributed by atoms with Crippen LogP contribution in [0.1, 0.15) is 35.5 Å². The predicted octanol–water partition coefficient (Wildman–Crippen LogP) is 1.14. The largest absolute Gasteiger partial charge is 0.478 e. The number of ether oxygens (including phenoxy) is 1. The van der Waals surface area contributed by atoms with Crippen molar-refractivity contribution in [1.29, 1.82) is 0 Å². The van der Waals surface area contributed by atoms with Gasteiger partial charge >= 0.3 is 5.97 Å². The fourth-order valence-corrected chi connectivity index (χ4v) is 2.04. The quantitative estimate of drug-likeness (QED) is 0.794. The Bertz CT molecular complexity index is 696. The first kappa shape index (κ1) is 15.8. The zero-order valence-electron chi connectivity index (χ0n) is 12.6. The highest BCUT2D eigenvalue weighted by Gasteiger charge is 2.41. The van der Waals surface area contributed by atoms with Gasteiger partial charge in [0.05, 0.1) is 12.2 Å². The van der Waals surface area contributed by atoms with Crippen LogP contribution in [0.3, 0.4) is 0 Å². The van der Waals surface area contributed by atoms with Crippen molar-refractivity contribution in [2.75, 3.05) is 7.11 Å². The van der Waals surface area contributed by atoms with Crippen LogP contribution in [0.4, 0.5) is 0 Å². The topological polar surface area (TPSA) is 101 Å². The Morgan fingerprint density at radius 2 is 2.23 bits per heavy atom. The van der Waals surface area contributed by atoms with Crippen molar-refractivity contribution in [3.05, 3.63) is 41.2 Å². The SMILES string of the molecule is C=C(C)C1(C)N=C(c2ncc(COC)cc2C(=O)O)NC1=O. The van der Waals surface area contributed by atoms with E-state index in [4.69, 9.17) is 4.74 Å². The molecule has 0 aromatic carbocycles. The molecule has 1 aliphatic heterocycles. The molecule has 2 N–H and O–H groups in total. The van der Waals surface area contributed by atoms with Crippen molar-refractivity contribution in [2.24, 2.45) is 4.99 Å². The lowest BCUT2D eigenvalue weighted by Crippen LogP contribution is -2.38. The van der Waals surface area contributed by atoms with Crippen molar-refractivity contribution >= 4 is 17.7 Å². The number of amidine groups is 1. The second kappa shape index (κ2) is 5.69. The summed E-state index contributed by atoms with van der Waals surface area (Å²) in [4.78, 5) is 31.9. The number of rotatable bonds is 5. The molecule has 0 bridgehead atoms. The van der Waals surface area contributed by atoms with Crippen molar-refractivity contribution in [3.63, 3.8) is 0 Å². The maximum absolute atomic E-state index is 12.1. The number of methoxy groups -OCH3 is 1. The van der Waals surface area contributed by atoms with E-state index < -0.39 is 11.5 Å². The average Bonchev–Trinajstić information content (AvgIpc) is 2.76. The summed E-state index contributed by atoms with van der Waals surface area (Å²) in [7, 11) is 1.51. The summed E-state index contributed by atoms with van der Waals surface area (Å²) in [5, 5.41) is 11.9. The number of aromatic nitrogens is 1. The van der Waals surface area contributed by atoms with Gasteiger partial charge in [-0.05, 0) is 31.1 Å². The average molecular weight is 303 g/mol. The summed E-state index contributed by atoms with van der Waals surface area (Å²) in [6, 6.07) is 1.46. The molecule has 1 aliphatic rings. The van der Waals surface area contributed by atoms with Crippen LogP contribution in [0.25, 0.3) is 0 Å². The van der Waals surface area contributed by atoms with E-state index in [-0.39, 0.29) is 29.6 Å². The Morgan fingerprint density at radius 1 is 1.55 bits per heavy atom. The molecule has 0 saturated carbocycles. The molecule has 0 aliphatic carbocycles. The van der Waals surface area contributed by atoms with E-state index in [0.717, 1.165) is 0 Å². The fraction of sp³-hybridized carbons (Fsp3) is 0.333. The zero-order valence-corrected chi connectivity index (χ0v) is 12.6. The number of carboxylic acids is 1. The third-order valence-corrected chi connectivity index (χ3v) is 3.55. The number of hydrogen-bond acceptors (Lipinski definition) is 5. The molecule has 0 radical (unpaired) electrons. The zero-order chi connectivity index (χ0) is 16.5. The normalized spacial score (nSPS) is 20.5. The van der Waals surface area contributed by atoms with Gasteiger partial charge in [-0.3, -0.25) is 9.78 Å². The van der Waals surface area contributed by atoms with Gasteiger partial charge in [0.25, 0.3) is 5.91 Å². The number of carbonyl (C=O) groups excluding carboxylic acids is 1. The van der Waals surface area contributed by atoms with Crippen LogP contribution in [-0.2, 0) is 16.1 Å². The van der Waals surface area contributed by atoms with Crippen LogP contribution < -0.4 is 5.32 Å². The molecular weight excluding hydrogens is 286 g/mol. The lowest BCUT2D eigenvalue weighted by atomic mass is 9.95. The van der Waals surface area contributed by atoms with Crippen molar-refractivity contribution in [1.82, 2.24) is 10.3 Å². The van der Waals surface area contributed by atoms with E-state index in [1.807, 2.05) is 0 Å². The van der Waals surface area contributed by atoms with E-state index in [9.17, 15) is 14.7 Å². The molecule has 1 atom stereocenters. The van der Waals surface area contributed by atoms with Gasteiger partial charge in [-0.15, -0.1) is 0 Å². The van der Waals surface area contributed by atoms with Crippen LogP contribution in [-0.4, -0.2) is 40.5 Å². The molecule has 116 valence electrons. The number of nitrogens with one attached hydrogen (secondary N) is 1. The maximum atomic E-state index is 12.1. The van der Waals surface area contributed by atoms with Gasteiger partial charge in [-0.1, -0.05) is 6.58 Å². The third-order valence-electron chi connectivity index (χ3n) is 3.55. The summed E-state index contributed by atoms with van der Waals surface area (Å²) in [6.07, 6.45) is 1.50. The molecule has 1 aromatic rings. The van der Waals surface area contributed by atoms with Gasteiger partial charge < -0.3 is 15.2 Å². The van der Waals surface area contributed by atoms with E-state index in [2.05, 4.69) is 21.9 Å². The van der Waals surface area contributed by atoms with Gasteiger partial charge in [0, 0.05) is 13.3 Å². The summed E-state index contributed by atoms with van der Waals surface area (Å²) < 4.78 is 4.97. The third kappa shape index (κ3) is 2.62. The minimum absolute atomic E-state index is 0.0421. The molecule has 1 amide bonds. The number of aliphatic imine (C=N–C) groups is 1. The Morgan fingerprint density at radius 3 is 2.73 bits per heavy atom. The Hall–Kier alpha value is -2.54. The van der Waals surface area contributed by atoms with Crippen LogP contribution in [0.15, 0.2) is 29.4 Å². The maximum Gasteiger partial charge on any atom is 0.338 e. The van der Waals surface area contributed by atoms with Crippen LogP contribution in [0.5, 0.6) is 0 Å². The number of carboxylic acid groups (broad SMARTS) is 1. The molecule has 7 heteroatoms. The Balaban J connectivity index is 2.52. The lowest BCUT2D eigenvalue weighted by Gasteiger charge is -2.16. The highest BCUT2D eigenvalue weighted by Crippen LogP contribution is 2.26. The number of nitrogens with zero attached hydrogens (tertiary/aromatic N) is 2. The number of aromatic carboxylic acids is 1. The smallest absolute Gasteiger partial charge is 0.338 e. The van der Waals surface area contributed by atoms with Crippen LogP contribution in [0.2, 0.25) is 0 Å². The summed E-state index contributed by atoms with van der Waals surface area (Å²) in [6.45, 7) is 7.32. The molecule has 0 fully saturated rings. The van der Waals surface area contributed by atoms with E-state index in [1.165, 1.54) is 19.4 Å². The number of hydrogen-bond donors (Lipinski definition) is 2. The number of amides is 1. The van der Waals surface area contributed by atoms with Crippen molar-refractivity contribution < 1.29 is 19.4 Å². The summed E-state index contributed by atoms with van der Waals surface area (Å²) >= 11 is 0. The first-order chi connectivity index (χ1) is 10.3. The highest BCUT2D eigenvalue weighted by atomic mass is 16.5. The molecule has 22 heavy (non-hydrogen) atoms. The molecule has 7 nitrogen and oxygen atoms in total. The van der Waals surface area contributed by atoms with Gasteiger partial charge in [-0.25, -0.2) is 9.79 Å². The monoisotopic (exact) mass is 303 g/mol. The van der Waals surface area contributed by atoms with Gasteiger partial charge in [0.15, 0.2) is 11.4 Å². The first-order valence-corrected chi connectivity index (χ1v) is 6.58. The second-order valence-electron chi connectivity index (χ2n) is 5.24. The lowest BCUT2D eigenvalue weighted by molar-refractivity contribution is -0.122. The predicted molar refractivity (Wildman–Crippen MR) is 79.8 cm³/mol. The first-order valence-electron chi connectivity index (χ1n) is 6.58. The minimum atomic E-state index is -1.15. The van der Waals surface area contributed by atoms with E-state index in [0.29, 0.717) is 11.1 Å². The molecule has 1 unspecified atom stereocenters. The summed E-state index contributed by atoms with van der Waals surface area (Å²) in [5.74, 6) is -1.37. The molecule has 2 rings (SSSR count). The van der Waals surface area contributed by atoms with Crippen molar-refractivity contribution in [3.8, 4) is 0 Å². The van der Waals surface area contributed by atoms with E-state index >= 15 is 0 Å². The molecule has 0 spiro atoms. The fourth-order valence-electron chi connectivity index (χ4n) is 2.04. The highest BCUT2D eigenvalue weighted by molar-refractivity contribution is 6.18. The molecule has 0 saturated heterocycles. The minimum Gasteiger partial charge on any atom is -0.478 e. The summed E-state index contributed by atoms with van der Waals surface area (Å²) in [5.41, 5.74) is 0.146. The Labute approximate surface area is 127 Å².